The van der Waals surface area contributed by atoms with E-state index in [9.17, 15) is 4.79 Å². The minimum atomic E-state index is -0.132. The molecule has 0 aliphatic heterocycles. The predicted molar refractivity (Wildman–Crippen MR) is 53.9 cm³/mol. The van der Waals surface area contributed by atoms with E-state index in [4.69, 9.17) is 0 Å². The summed E-state index contributed by atoms with van der Waals surface area (Å²) >= 11 is 1.70. The van der Waals surface area contributed by atoms with Gasteiger partial charge in [0.25, 0.3) is 0 Å². The van der Waals surface area contributed by atoms with Crippen LogP contribution in [0.1, 0.15) is 17.4 Å². The molecule has 1 aromatic heterocycles. The van der Waals surface area contributed by atoms with Crippen LogP contribution < -0.4 is 0 Å². The van der Waals surface area contributed by atoms with Crippen molar-refractivity contribution in [3.63, 3.8) is 0 Å². The number of carbonyl (C=O) groups is 1. The Balaban J connectivity index is 2.59. The summed E-state index contributed by atoms with van der Waals surface area (Å²) in [5, 5.41) is 2.05. The van der Waals surface area contributed by atoms with Gasteiger partial charge in [-0.05, 0) is 30.4 Å². The molecule has 2 nitrogen and oxygen atoms in total. The van der Waals surface area contributed by atoms with Gasteiger partial charge < -0.3 is 4.74 Å². The Morgan fingerprint density at radius 2 is 2.38 bits per heavy atom. The molecule has 0 saturated carbocycles. The van der Waals surface area contributed by atoms with Gasteiger partial charge in [0.1, 0.15) is 0 Å². The molecule has 0 saturated heterocycles. The predicted octanol–water partition coefficient (Wildman–Crippen LogP) is 2.41. The maximum absolute atomic E-state index is 11.1. The van der Waals surface area contributed by atoms with Crippen LogP contribution in [0.5, 0.6) is 0 Å². The van der Waals surface area contributed by atoms with Gasteiger partial charge in [0.15, 0.2) is 0 Å². The van der Waals surface area contributed by atoms with Crippen LogP contribution in [0.25, 0.3) is 0 Å². The van der Waals surface area contributed by atoms with Crippen LogP contribution in [0.4, 0.5) is 0 Å². The molecule has 1 unspecified atom stereocenters. The van der Waals surface area contributed by atoms with E-state index in [1.54, 1.807) is 11.3 Å². The average Bonchev–Trinajstić information content (AvgIpc) is 2.50. The number of ether oxygens (including phenoxy) is 1. The molecule has 0 spiro atoms. The van der Waals surface area contributed by atoms with E-state index in [1.165, 1.54) is 17.6 Å². The average molecular weight is 198 g/mol. The minimum Gasteiger partial charge on any atom is -0.469 e. The Kier molecular flexibility index (Phi) is 3.48. The summed E-state index contributed by atoms with van der Waals surface area (Å²) in [6.07, 6.45) is 0.788. The quantitative estimate of drug-likeness (QED) is 0.697. The molecule has 13 heavy (non-hydrogen) atoms. The number of thiophene rings is 1. The summed E-state index contributed by atoms with van der Waals surface area (Å²) in [5.74, 6) is -0.171. The summed E-state index contributed by atoms with van der Waals surface area (Å²) in [6, 6.07) is 2.07. The topological polar surface area (TPSA) is 26.3 Å². The van der Waals surface area contributed by atoms with Crippen LogP contribution in [-0.4, -0.2) is 13.1 Å². The molecule has 1 aromatic rings. The molecule has 0 aliphatic carbocycles. The maximum atomic E-state index is 11.1. The fourth-order valence-corrected chi connectivity index (χ4v) is 2.21. The number of aryl methyl sites for hydroxylation is 1. The third-order valence-electron chi connectivity index (χ3n) is 2.06. The Morgan fingerprint density at radius 1 is 1.69 bits per heavy atom. The molecule has 0 aromatic carbocycles. The zero-order valence-electron chi connectivity index (χ0n) is 8.16. The van der Waals surface area contributed by atoms with Gasteiger partial charge in [-0.1, -0.05) is 6.92 Å². The zero-order valence-corrected chi connectivity index (χ0v) is 8.98. The molecule has 0 radical (unpaired) electrons. The van der Waals surface area contributed by atoms with Crippen LogP contribution in [-0.2, 0) is 16.0 Å². The molecule has 1 rings (SSSR count). The molecule has 72 valence electrons. The second kappa shape index (κ2) is 4.42. The largest absolute Gasteiger partial charge is 0.469 e. The van der Waals surface area contributed by atoms with Gasteiger partial charge in [-0.2, -0.15) is 0 Å². The molecule has 0 fully saturated rings. The van der Waals surface area contributed by atoms with Crippen molar-refractivity contribution in [2.45, 2.75) is 20.3 Å². The smallest absolute Gasteiger partial charge is 0.308 e. The highest BCUT2D eigenvalue weighted by molar-refractivity contribution is 7.10. The Labute approximate surface area is 82.5 Å². The normalized spacial score (nSPS) is 12.5. The van der Waals surface area contributed by atoms with Gasteiger partial charge in [0.2, 0.25) is 0 Å². The lowest BCUT2D eigenvalue weighted by atomic mass is 10.1. The van der Waals surface area contributed by atoms with Crippen molar-refractivity contribution >= 4 is 17.3 Å². The third kappa shape index (κ3) is 2.56. The Hall–Kier alpha value is -0.830. The lowest BCUT2D eigenvalue weighted by molar-refractivity contribution is -0.144. The standard InChI is InChI=1S/C10H14O2S/c1-7-4-5-13-9(7)6-8(2)10(11)12-3/h4-5,8H,6H2,1-3H3. The van der Waals surface area contributed by atoms with E-state index in [0.29, 0.717) is 0 Å². The molecule has 0 amide bonds. The second-order valence-corrected chi connectivity index (χ2v) is 4.16. The van der Waals surface area contributed by atoms with Crippen molar-refractivity contribution < 1.29 is 9.53 Å². The summed E-state index contributed by atoms with van der Waals surface area (Å²) in [5.41, 5.74) is 1.26. The van der Waals surface area contributed by atoms with Crippen molar-refractivity contribution in [3.05, 3.63) is 21.9 Å². The molecule has 1 heterocycles. The van der Waals surface area contributed by atoms with Crippen LogP contribution in [0, 0.1) is 12.8 Å². The van der Waals surface area contributed by atoms with Crippen LogP contribution in [0.3, 0.4) is 0 Å². The molecule has 0 bridgehead atoms. The lowest BCUT2D eigenvalue weighted by Gasteiger charge is -2.07. The maximum Gasteiger partial charge on any atom is 0.308 e. The number of rotatable bonds is 3. The van der Waals surface area contributed by atoms with Gasteiger partial charge in [-0.15, -0.1) is 11.3 Å². The summed E-state index contributed by atoms with van der Waals surface area (Å²) in [4.78, 5) is 12.4. The molecule has 1 atom stereocenters. The number of esters is 1. The van der Waals surface area contributed by atoms with Crippen LogP contribution in [0.15, 0.2) is 11.4 Å². The summed E-state index contributed by atoms with van der Waals surface area (Å²) in [6.45, 7) is 3.96. The van der Waals surface area contributed by atoms with Crippen molar-refractivity contribution in [2.75, 3.05) is 7.11 Å². The van der Waals surface area contributed by atoms with Gasteiger partial charge >= 0.3 is 5.97 Å². The highest BCUT2D eigenvalue weighted by Gasteiger charge is 2.15. The van der Waals surface area contributed by atoms with Crippen molar-refractivity contribution in [3.8, 4) is 0 Å². The molecular formula is C10H14O2S. The third-order valence-corrected chi connectivity index (χ3v) is 3.11. The first-order valence-corrected chi connectivity index (χ1v) is 5.14. The van der Waals surface area contributed by atoms with Gasteiger partial charge in [-0.25, -0.2) is 0 Å². The Bertz CT molecular complexity index is 291. The highest BCUT2D eigenvalue weighted by Crippen LogP contribution is 2.19. The molecule has 0 N–H and O–H groups in total. The number of hydrogen-bond donors (Lipinski definition) is 0. The monoisotopic (exact) mass is 198 g/mol. The van der Waals surface area contributed by atoms with Gasteiger partial charge in [0, 0.05) is 4.88 Å². The first-order valence-electron chi connectivity index (χ1n) is 4.26. The van der Waals surface area contributed by atoms with E-state index < -0.39 is 0 Å². The van der Waals surface area contributed by atoms with E-state index in [-0.39, 0.29) is 11.9 Å². The van der Waals surface area contributed by atoms with E-state index in [2.05, 4.69) is 23.1 Å². The number of hydrogen-bond acceptors (Lipinski definition) is 3. The SMILES string of the molecule is COC(=O)C(C)Cc1sccc1C. The summed E-state index contributed by atoms with van der Waals surface area (Å²) < 4.78 is 4.67. The number of methoxy groups -OCH3 is 1. The van der Waals surface area contributed by atoms with E-state index >= 15 is 0 Å². The van der Waals surface area contributed by atoms with Crippen LogP contribution in [0.2, 0.25) is 0 Å². The first-order chi connectivity index (χ1) is 6.15. The van der Waals surface area contributed by atoms with Crippen LogP contribution >= 0.6 is 11.3 Å². The second-order valence-electron chi connectivity index (χ2n) is 3.16. The van der Waals surface area contributed by atoms with Crippen molar-refractivity contribution in [1.82, 2.24) is 0 Å². The fraction of sp³-hybridized carbons (Fsp3) is 0.500. The highest BCUT2D eigenvalue weighted by atomic mass is 32.1. The Morgan fingerprint density at radius 3 is 2.85 bits per heavy atom. The molecular weight excluding hydrogens is 184 g/mol. The summed E-state index contributed by atoms with van der Waals surface area (Å²) in [7, 11) is 1.43. The van der Waals surface area contributed by atoms with Crippen molar-refractivity contribution in [2.24, 2.45) is 5.92 Å². The minimum absolute atomic E-state index is 0.0395. The van der Waals surface area contributed by atoms with Crippen molar-refractivity contribution in [1.29, 1.82) is 0 Å². The first kappa shape index (κ1) is 10.3. The van der Waals surface area contributed by atoms with Gasteiger partial charge in [0.05, 0.1) is 13.0 Å². The van der Waals surface area contributed by atoms with Gasteiger partial charge in [-0.3, -0.25) is 4.79 Å². The fourth-order valence-electron chi connectivity index (χ4n) is 1.18. The molecule has 0 aliphatic rings. The number of carbonyl (C=O) groups excluding carboxylic acids is 1. The zero-order chi connectivity index (χ0) is 9.84. The lowest BCUT2D eigenvalue weighted by Crippen LogP contribution is -2.14. The molecule has 3 heteroatoms. The van der Waals surface area contributed by atoms with E-state index in [0.717, 1.165) is 6.42 Å². The van der Waals surface area contributed by atoms with E-state index in [1.807, 2.05) is 6.92 Å².